The summed E-state index contributed by atoms with van der Waals surface area (Å²) in [4.78, 5) is 0. The van der Waals surface area contributed by atoms with Gasteiger partial charge in [-0.15, -0.1) is 0 Å². The minimum absolute atomic E-state index is 0.331. The molecule has 0 aliphatic heterocycles. The highest BCUT2D eigenvalue weighted by atomic mass is 16.5. The molecule has 1 atom stereocenters. The Morgan fingerprint density at radius 3 is 2.41 bits per heavy atom. The van der Waals surface area contributed by atoms with E-state index < -0.39 is 6.10 Å². The second kappa shape index (κ2) is 8.09. The van der Waals surface area contributed by atoms with Crippen molar-refractivity contribution >= 4 is 0 Å². The van der Waals surface area contributed by atoms with Gasteiger partial charge in [0.25, 0.3) is 0 Å². The Kier molecular flexibility index (Phi) is 6.67. The highest BCUT2D eigenvalue weighted by Crippen LogP contribution is 2.08. The molecule has 0 bridgehead atoms. The number of aliphatic hydroxyl groups excluding tert-OH is 1. The van der Waals surface area contributed by atoms with Gasteiger partial charge in [0.15, 0.2) is 0 Å². The van der Waals surface area contributed by atoms with Gasteiger partial charge in [0.05, 0.1) is 0 Å². The van der Waals surface area contributed by atoms with E-state index in [1.54, 1.807) is 0 Å². The number of benzene rings is 1. The van der Waals surface area contributed by atoms with Crippen LogP contribution in [0.1, 0.15) is 26.7 Å². The van der Waals surface area contributed by atoms with Crippen LogP contribution in [-0.2, 0) is 0 Å². The third kappa shape index (κ3) is 5.71. The van der Waals surface area contributed by atoms with E-state index in [2.05, 4.69) is 19.2 Å². The lowest BCUT2D eigenvalue weighted by Gasteiger charge is -2.18. The zero-order chi connectivity index (χ0) is 12.5. The Morgan fingerprint density at radius 1 is 1.18 bits per heavy atom. The molecular formula is C14H23NO2. The summed E-state index contributed by atoms with van der Waals surface area (Å²) < 4.78 is 5.48. The molecule has 17 heavy (non-hydrogen) atoms. The van der Waals surface area contributed by atoms with E-state index in [1.165, 1.54) is 0 Å². The lowest BCUT2D eigenvalue weighted by atomic mass is 10.1. The summed E-state index contributed by atoms with van der Waals surface area (Å²) >= 11 is 0. The Hall–Kier alpha value is -1.06. The number of aliphatic hydroxyl groups is 1. The Labute approximate surface area is 104 Å². The van der Waals surface area contributed by atoms with Gasteiger partial charge in [0.2, 0.25) is 0 Å². The molecule has 0 spiro atoms. The average Bonchev–Trinajstić information content (AvgIpc) is 2.39. The lowest BCUT2D eigenvalue weighted by molar-refractivity contribution is 0.103. The van der Waals surface area contributed by atoms with Crippen molar-refractivity contribution in [1.29, 1.82) is 0 Å². The van der Waals surface area contributed by atoms with Gasteiger partial charge in [-0.1, -0.05) is 32.0 Å². The monoisotopic (exact) mass is 237 g/mol. The van der Waals surface area contributed by atoms with Crippen LogP contribution in [-0.4, -0.2) is 30.4 Å². The summed E-state index contributed by atoms with van der Waals surface area (Å²) in [5, 5.41) is 13.1. The standard InChI is InChI=1S/C14H23NO2/c1-3-12(4-2)15-10-13(16)11-17-14-8-6-5-7-9-14/h5-9,12-13,15-16H,3-4,10-11H2,1-2H3. The molecule has 1 aromatic carbocycles. The number of rotatable bonds is 8. The molecule has 1 aromatic rings. The molecule has 0 aromatic heterocycles. The summed E-state index contributed by atoms with van der Waals surface area (Å²) in [7, 11) is 0. The third-order valence-electron chi connectivity index (χ3n) is 2.81. The number of hydrogen-bond acceptors (Lipinski definition) is 3. The molecule has 3 heteroatoms. The minimum Gasteiger partial charge on any atom is -0.491 e. The van der Waals surface area contributed by atoms with Gasteiger partial charge < -0.3 is 15.2 Å². The maximum Gasteiger partial charge on any atom is 0.119 e. The molecular weight excluding hydrogens is 214 g/mol. The van der Waals surface area contributed by atoms with E-state index in [9.17, 15) is 5.11 Å². The van der Waals surface area contributed by atoms with Gasteiger partial charge in [0, 0.05) is 12.6 Å². The molecule has 0 aliphatic rings. The zero-order valence-electron chi connectivity index (χ0n) is 10.7. The molecule has 0 radical (unpaired) electrons. The maximum atomic E-state index is 9.76. The number of nitrogens with one attached hydrogen (secondary N) is 1. The van der Waals surface area contributed by atoms with Crippen LogP contribution < -0.4 is 10.1 Å². The van der Waals surface area contributed by atoms with Gasteiger partial charge in [-0.05, 0) is 25.0 Å². The first-order valence-corrected chi connectivity index (χ1v) is 6.35. The van der Waals surface area contributed by atoms with Crippen molar-refractivity contribution in [3.05, 3.63) is 30.3 Å². The summed E-state index contributed by atoms with van der Waals surface area (Å²) in [6, 6.07) is 10.1. The molecule has 0 heterocycles. The van der Waals surface area contributed by atoms with Crippen LogP contribution in [0.15, 0.2) is 30.3 Å². The van der Waals surface area contributed by atoms with Crippen LogP contribution in [0.3, 0.4) is 0 Å². The zero-order valence-corrected chi connectivity index (χ0v) is 10.7. The van der Waals surface area contributed by atoms with Crippen molar-refractivity contribution in [2.24, 2.45) is 0 Å². The van der Waals surface area contributed by atoms with Crippen LogP contribution >= 0.6 is 0 Å². The van der Waals surface area contributed by atoms with Gasteiger partial charge in [0.1, 0.15) is 18.5 Å². The number of para-hydroxylation sites is 1. The van der Waals surface area contributed by atoms with Crippen LogP contribution in [0.4, 0.5) is 0 Å². The summed E-state index contributed by atoms with van der Waals surface area (Å²) in [6.45, 7) is 5.21. The second-order valence-corrected chi connectivity index (χ2v) is 4.20. The first-order chi connectivity index (χ1) is 8.26. The van der Waals surface area contributed by atoms with Crippen LogP contribution in [0.25, 0.3) is 0 Å². The molecule has 0 fully saturated rings. The maximum absolute atomic E-state index is 9.76. The summed E-state index contributed by atoms with van der Waals surface area (Å²) in [5.41, 5.74) is 0. The van der Waals surface area contributed by atoms with Crippen molar-refractivity contribution in [2.75, 3.05) is 13.2 Å². The first-order valence-electron chi connectivity index (χ1n) is 6.35. The van der Waals surface area contributed by atoms with E-state index in [0.29, 0.717) is 19.2 Å². The third-order valence-corrected chi connectivity index (χ3v) is 2.81. The van der Waals surface area contributed by atoms with E-state index >= 15 is 0 Å². The lowest BCUT2D eigenvalue weighted by Crippen LogP contribution is -2.37. The molecule has 0 aliphatic carbocycles. The predicted molar refractivity (Wildman–Crippen MR) is 70.3 cm³/mol. The van der Waals surface area contributed by atoms with Crippen LogP contribution in [0.2, 0.25) is 0 Å². The fourth-order valence-corrected chi connectivity index (χ4v) is 1.65. The van der Waals surface area contributed by atoms with Crippen LogP contribution in [0.5, 0.6) is 5.75 Å². The second-order valence-electron chi connectivity index (χ2n) is 4.20. The van der Waals surface area contributed by atoms with Crippen molar-refractivity contribution in [1.82, 2.24) is 5.32 Å². The predicted octanol–water partition coefficient (Wildman–Crippen LogP) is 2.20. The minimum atomic E-state index is -0.462. The smallest absolute Gasteiger partial charge is 0.119 e. The molecule has 0 saturated heterocycles. The molecule has 0 saturated carbocycles. The molecule has 3 nitrogen and oxygen atoms in total. The Balaban J connectivity index is 2.19. The molecule has 2 N–H and O–H groups in total. The summed E-state index contributed by atoms with van der Waals surface area (Å²) in [5.74, 6) is 0.800. The molecule has 1 rings (SSSR count). The summed E-state index contributed by atoms with van der Waals surface area (Å²) in [6.07, 6.45) is 1.71. The highest BCUT2D eigenvalue weighted by Gasteiger charge is 2.08. The van der Waals surface area contributed by atoms with Crippen molar-refractivity contribution < 1.29 is 9.84 Å². The quantitative estimate of drug-likeness (QED) is 0.728. The normalized spacial score (nSPS) is 12.7. The van der Waals surface area contributed by atoms with Crippen LogP contribution in [0, 0.1) is 0 Å². The van der Waals surface area contributed by atoms with Gasteiger partial charge in [-0.25, -0.2) is 0 Å². The largest absolute Gasteiger partial charge is 0.491 e. The van der Waals surface area contributed by atoms with Crippen molar-refractivity contribution in [3.8, 4) is 5.75 Å². The number of hydrogen-bond donors (Lipinski definition) is 2. The first kappa shape index (κ1) is 14.0. The van der Waals surface area contributed by atoms with E-state index in [4.69, 9.17) is 4.74 Å². The Bertz CT molecular complexity index is 286. The van der Waals surface area contributed by atoms with Gasteiger partial charge in [-0.2, -0.15) is 0 Å². The SMILES string of the molecule is CCC(CC)NCC(O)COc1ccccc1. The van der Waals surface area contributed by atoms with E-state index in [1.807, 2.05) is 30.3 Å². The van der Waals surface area contributed by atoms with Crippen molar-refractivity contribution in [3.63, 3.8) is 0 Å². The van der Waals surface area contributed by atoms with E-state index in [-0.39, 0.29) is 0 Å². The van der Waals surface area contributed by atoms with E-state index in [0.717, 1.165) is 18.6 Å². The Morgan fingerprint density at radius 2 is 1.82 bits per heavy atom. The fourth-order valence-electron chi connectivity index (χ4n) is 1.65. The van der Waals surface area contributed by atoms with Crippen molar-refractivity contribution in [2.45, 2.75) is 38.8 Å². The molecule has 96 valence electrons. The molecule has 0 amide bonds. The number of ether oxygens (including phenoxy) is 1. The topological polar surface area (TPSA) is 41.5 Å². The highest BCUT2D eigenvalue weighted by molar-refractivity contribution is 5.20. The average molecular weight is 237 g/mol. The molecule has 1 unspecified atom stereocenters. The fraction of sp³-hybridized carbons (Fsp3) is 0.571. The van der Waals surface area contributed by atoms with Gasteiger partial charge in [-0.3, -0.25) is 0 Å². The van der Waals surface area contributed by atoms with Gasteiger partial charge >= 0.3 is 0 Å².